The van der Waals surface area contributed by atoms with Crippen molar-refractivity contribution in [3.63, 3.8) is 0 Å². The molecule has 0 fully saturated rings. The van der Waals surface area contributed by atoms with Crippen molar-refractivity contribution < 1.29 is 0 Å². The second-order valence-corrected chi connectivity index (χ2v) is 6.07. The van der Waals surface area contributed by atoms with Gasteiger partial charge in [-0.1, -0.05) is 45.4 Å². The number of hydrogen-bond donors (Lipinski definition) is 1. The number of hydrogen-bond acceptors (Lipinski definition) is 2. The van der Waals surface area contributed by atoms with E-state index in [1.165, 1.54) is 37.1 Å². The maximum atomic E-state index is 3.64. The van der Waals surface area contributed by atoms with Gasteiger partial charge in [-0.25, -0.2) is 0 Å². The van der Waals surface area contributed by atoms with Gasteiger partial charge in [0.05, 0.1) is 0 Å². The summed E-state index contributed by atoms with van der Waals surface area (Å²) >= 11 is 0. The zero-order valence-corrected chi connectivity index (χ0v) is 12.7. The second-order valence-electron chi connectivity index (χ2n) is 6.07. The van der Waals surface area contributed by atoms with Crippen LogP contribution in [0.5, 0.6) is 0 Å². The number of anilines is 1. The zero-order chi connectivity index (χ0) is 13.7. The summed E-state index contributed by atoms with van der Waals surface area (Å²) in [6, 6.07) is 9.54. The van der Waals surface area contributed by atoms with Crippen LogP contribution in [0.25, 0.3) is 0 Å². The Labute approximate surface area is 118 Å². The van der Waals surface area contributed by atoms with Gasteiger partial charge in [0.15, 0.2) is 0 Å². The minimum Gasteiger partial charge on any atom is -0.367 e. The van der Waals surface area contributed by atoms with E-state index in [9.17, 15) is 0 Å². The molecule has 1 N–H and O–H groups in total. The summed E-state index contributed by atoms with van der Waals surface area (Å²) in [4.78, 5) is 2.62. The lowest BCUT2D eigenvalue weighted by atomic mass is 10.1. The molecule has 0 bridgehead atoms. The quantitative estimate of drug-likeness (QED) is 0.807. The van der Waals surface area contributed by atoms with Crippen LogP contribution in [0.1, 0.15) is 39.2 Å². The average molecular weight is 260 g/mol. The molecule has 0 saturated carbocycles. The molecule has 0 saturated heterocycles. The summed E-state index contributed by atoms with van der Waals surface area (Å²) in [6.07, 6.45) is 3.74. The fraction of sp³-hybridized carbons (Fsp3) is 0.647. The van der Waals surface area contributed by atoms with Gasteiger partial charge in [-0.05, 0) is 36.9 Å². The molecule has 1 heterocycles. The van der Waals surface area contributed by atoms with Crippen LogP contribution in [0.3, 0.4) is 0 Å². The summed E-state index contributed by atoms with van der Waals surface area (Å²) in [5, 5.41) is 3.64. The van der Waals surface area contributed by atoms with E-state index in [1.807, 2.05) is 0 Å². The van der Waals surface area contributed by atoms with Crippen LogP contribution < -0.4 is 10.2 Å². The maximum absolute atomic E-state index is 3.64. The Hall–Kier alpha value is -1.02. The molecule has 1 aromatic rings. The van der Waals surface area contributed by atoms with Crippen LogP contribution in [0.15, 0.2) is 24.3 Å². The van der Waals surface area contributed by atoms with Crippen LogP contribution in [0, 0.1) is 5.92 Å². The Balaban J connectivity index is 1.99. The van der Waals surface area contributed by atoms with E-state index in [1.54, 1.807) is 0 Å². The van der Waals surface area contributed by atoms with E-state index in [0.717, 1.165) is 19.0 Å². The van der Waals surface area contributed by atoms with E-state index in [4.69, 9.17) is 0 Å². The summed E-state index contributed by atoms with van der Waals surface area (Å²) in [5.41, 5.74) is 2.99. The highest BCUT2D eigenvalue weighted by Crippen LogP contribution is 2.30. The Bertz CT molecular complexity index is 387. The minimum atomic E-state index is 0.646. The topological polar surface area (TPSA) is 15.3 Å². The smallest absolute Gasteiger partial charge is 0.0414 e. The lowest BCUT2D eigenvalue weighted by Crippen LogP contribution is -2.42. The predicted octanol–water partition coefficient (Wildman–Crippen LogP) is 3.46. The molecule has 0 radical (unpaired) electrons. The predicted molar refractivity (Wildman–Crippen MR) is 83.9 cm³/mol. The first kappa shape index (κ1) is 14.4. The highest BCUT2D eigenvalue weighted by Gasteiger charge is 2.24. The highest BCUT2D eigenvalue weighted by atomic mass is 15.2. The van der Waals surface area contributed by atoms with Crippen molar-refractivity contribution in [1.29, 1.82) is 0 Å². The summed E-state index contributed by atoms with van der Waals surface area (Å²) in [6.45, 7) is 10.3. The van der Waals surface area contributed by atoms with E-state index >= 15 is 0 Å². The maximum Gasteiger partial charge on any atom is 0.0414 e. The minimum absolute atomic E-state index is 0.646. The molecule has 1 aliphatic rings. The largest absolute Gasteiger partial charge is 0.367 e. The van der Waals surface area contributed by atoms with Gasteiger partial charge in [-0.3, -0.25) is 0 Å². The molecule has 1 unspecified atom stereocenters. The standard InChI is InChI=1S/C17H28N2/c1-4-7-16(13-18-12-14(2)3)19-11-10-15-8-5-6-9-17(15)19/h5-6,8-9,14,16,18H,4,7,10-13H2,1-3H3. The van der Waals surface area contributed by atoms with Gasteiger partial charge in [0.25, 0.3) is 0 Å². The molecule has 0 amide bonds. The average Bonchev–Trinajstić information content (AvgIpc) is 2.81. The third-order valence-electron chi connectivity index (χ3n) is 3.92. The lowest BCUT2D eigenvalue weighted by Gasteiger charge is -2.31. The van der Waals surface area contributed by atoms with Crippen molar-refractivity contribution in [2.24, 2.45) is 5.92 Å². The third-order valence-corrected chi connectivity index (χ3v) is 3.92. The van der Waals surface area contributed by atoms with E-state index < -0.39 is 0 Å². The van der Waals surface area contributed by atoms with Crippen LogP contribution >= 0.6 is 0 Å². The zero-order valence-electron chi connectivity index (χ0n) is 12.7. The van der Waals surface area contributed by atoms with Gasteiger partial charge in [-0.2, -0.15) is 0 Å². The first-order valence-electron chi connectivity index (χ1n) is 7.77. The molecule has 2 rings (SSSR count). The van der Waals surface area contributed by atoms with Crippen molar-refractivity contribution in [3.05, 3.63) is 29.8 Å². The van der Waals surface area contributed by atoms with Gasteiger partial charge < -0.3 is 10.2 Å². The molecule has 1 aliphatic heterocycles. The number of nitrogens with one attached hydrogen (secondary N) is 1. The van der Waals surface area contributed by atoms with E-state index in [-0.39, 0.29) is 0 Å². The fourth-order valence-electron chi connectivity index (χ4n) is 2.98. The fourth-order valence-corrected chi connectivity index (χ4v) is 2.98. The van der Waals surface area contributed by atoms with Crippen molar-refractivity contribution in [3.8, 4) is 0 Å². The molecule has 1 aromatic carbocycles. The monoisotopic (exact) mass is 260 g/mol. The molecule has 0 spiro atoms. The molecular formula is C17H28N2. The summed E-state index contributed by atoms with van der Waals surface area (Å²) in [7, 11) is 0. The van der Waals surface area contributed by atoms with Gasteiger partial charge in [0.2, 0.25) is 0 Å². The third kappa shape index (κ3) is 3.73. The van der Waals surface area contributed by atoms with Crippen LogP contribution in [-0.4, -0.2) is 25.7 Å². The van der Waals surface area contributed by atoms with Crippen molar-refractivity contribution >= 4 is 5.69 Å². The SMILES string of the molecule is CCCC(CNCC(C)C)N1CCc2ccccc21. The van der Waals surface area contributed by atoms with Crippen LogP contribution in [0.2, 0.25) is 0 Å². The Kier molecular flexibility index (Phi) is 5.26. The molecule has 19 heavy (non-hydrogen) atoms. The summed E-state index contributed by atoms with van der Waals surface area (Å²) < 4.78 is 0. The number of rotatable bonds is 7. The highest BCUT2D eigenvalue weighted by molar-refractivity contribution is 5.58. The van der Waals surface area contributed by atoms with E-state index in [0.29, 0.717) is 6.04 Å². The molecular weight excluding hydrogens is 232 g/mol. The number of fused-ring (bicyclic) bond motifs is 1. The number of para-hydroxylation sites is 1. The van der Waals surface area contributed by atoms with Crippen molar-refractivity contribution in [2.45, 2.75) is 46.1 Å². The molecule has 2 heteroatoms. The van der Waals surface area contributed by atoms with Gasteiger partial charge in [0, 0.05) is 24.8 Å². The van der Waals surface area contributed by atoms with Crippen molar-refractivity contribution in [2.75, 3.05) is 24.5 Å². The van der Waals surface area contributed by atoms with Gasteiger partial charge in [-0.15, -0.1) is 0 Å². The first-order chi connectivity index (χ1) is 9.22. The molecule has 2 nitrogen and oxygen atoms in total. The number of benzene rings is 1. The lowest BCUT2D eigenvalue weighted by molar-refractivity contribution is 0.475. The molecule has 0 aromatic heterocycles. The Morgan fingerprint density at radius 2 is 2.00 bits per heavy atom. The van der Waals surface area contributed by atoms with Gasteiger partial charge in [0.1, 0.15) is 0 Å². The van der Waals surface area contributed by atoms with Crippen molar-refractivity contribution in [1.82, 2.24) is 5.32 Å². The Morgan fingerprint density at radius 3 is 2.74 bits per heavy atom. The second kappa shape index (κ2) is 6.95. The summed E-state index contributed by atoms with van der Waals surface area (Å²) in [5.74, 6) is 0.730. The van der Waals surface area contributed by atoms with Crippen LogP contribution in [-0.2, 0) is 6.42 Å². The normalized spacial score (nSPS) is 15.9. The molecule has 0 aliphatic carbocycles. The Morgan fingerprint density at radius 1 is 1.21 bits per heavy atom. The van der Waals surface area contributed by atoms with Gasteiger partial charge >= 0.3 is 0 Å². The number of nitrogens with zero attached hydrogens (tertiary/aromatic N) is 1. The first-order valence-corrected chi connectivity index (χ1v) is 7.77. The van der Waals surface area contributed by atoms with E-state index in [2.05, 4.69) is 55.3 Å². The van der Waals surface area contributed by atoms with Crippen LogP contribution in [0.4, 0.5) is 5.69 Å². The molecule has 1 atom stereocenters. The molecule has 106 valence electrons.